The number of hydrogen-bond acceptors (Lipinski definition) is 6. The summed E-state index contributed by atoms with van der Waals surface area (Å²) in [6.07, 6.45) is 0.893. The van der Waals surface area contributed by atoms with Crippen molar-refractivity contribution in [3.05, 3.63) is 166 Å². The number of nitrogens with one attached hydrogen (secondary N) is 3. The Balaban J connectivity index is 0.940. The second-order valence-corrected chi connectivity index (χ2v) is 15.0. The minimum atomic E-state index is -0.569. The first-order chi connectivity index (χ1) is 27.4. The van der Waals surface area contributed by atoms with Crippen LogP contribution in [0, 0.1) is 5.92 Å². The van der Waals surface area contributed by atoms with Crippen LogP contribution in [0.1, 0.15) is 66.0 Å². The summed E-state index contributed by atoms with van der Waals surface area (Å²) in [7, 11) is 0. The first-order valence-electron chi connectivity index (χ1n) is 19.6. The van der Waals surface area contributed by atoms with Gasteiger partial charge in [-0.15, -0.1) is 0 Å². The van der Waals surface area contributed by atoms with Crippen molar-refractivity contribution in [2.75, 3.05) is 19.6 Å². The highest BCUT2D eigenvalue weighted by Gasteiger charge is 2.39. The summed E-state index contributed by atoms with van der Waals surface area (Å²) in [5.74, 6) is 0.0660. The maximum Gasteiger partial charge on any atom is 0.326 e. The molecule has 0 spiro atoms. The molecule has 2 aliphatic rings. The average Bonchev–Trinajstić information content (AvgIpc) is 3.59. The Bertz CT molecular complexity index is 2280. The van der Waals surface area contributed by atoms with Crippen molar-refractivity contribution in [1.29, 1.82) is 0 Å². The van der Waals surface area contributed by atoms with E-state index >= 15 is 0 Å². The topological polar surface area (TPSA) is 121 Å². The summed E-state index contributed by atoms with van der Waals surface area (Å²) in [6, 6.07) is 42.2. The Morgan fingerprint density at radius 1 is 0.750 bits per heavy atom. The van der Waals surface area contributed by atoms with Gasteiger partial charge in [-0.1, -0.05) is 116 Å². The van der Waals surface area contributed by atoms with Crippen LogP contribution in [0.4, 0.5) is 4.79 Å². The predicted octanol–water partition coefficient (Wildman–Crippen LogP) is 7.62. The van der Waals surface area contributed by atoms with E-state index in [1.807, 2.05) is 83.4 Å². The van der Waals surface area contributed by atoms with Crippen LogP contribution in [-0.4, -0.2) is 51.3 Å². The molecule has 56 heavy (non-hydrogen) atoms. The van der Waals surface area contributed by atoms with E-state index in [0.29, 0.717) is 13.1 Å². The fourth-order valence-electron chi connectivity index (χ4n) is 8.10. The van der Waals surface area contributed by atoms with Gasteiger partial charge in [0.2, 0.25) is 0 Å². The summed E-state index contributed by atoms with van der Waals surface area (Å²) in [5.41, 5.74) is 8.81. The minimum Gasteiger partial charge on any atom is -0.392 e. The van der Waals surface area contributed by atoms with Gasteiger partial charge >= 0.3 is 11.7 Å². The van der Waals surface area contributed by atoms with E-state index in [-0.39, 0.29) is 42.5 Å². The van der Waals surface area contributed by atoms with Gasteiger partial charge in [0.1, 0.15) is 0 Å². The van der Waals surface area contributed by atoms with Gasteiger partial charge < -0.3 is 35.1 Å². The Hall–Kier alpha value is -5.52. The minimum absolute atomic E-state index is 0.00774. The number of hydrogen-bond donors (Lipinski definition) is 4. The molecule has 2 fully saturated rings. The highest BCUT2D eigenvalue weighted by Crippen LogP contribution is 2.42. The van der Waals surface area contributed by atoms with E-state index in [4.69, 9.17) is 9.47 Å². The number of likely N-dealkylation sites (tertiary alicyclic amines) is 1. The number of carbonyl (C=O) groups is 1. The Labute approximate surface area is 327 Å². The van der Waals surface area contributed by atoms with E-state index in [1.165, 1.54) is 0 Å². The highest BCUT2D eigenvalue weighted by atomic mass is 16.7. The lowest BCUT2D eigenvalue weighted by Gasteiger charge is -2.44. The number of rotatable bonds is 11. The van der Waals surface area contributed by atoms with Gasteiger partial charge in [-0.05, 0) is 64.4 Å². The standard InChI is InChI=1S/C46H49N5O5/c1-31-42(29-50-24-22-39(23-25-50)51-41-13-6-5-12-40(41)49-46(51)54)55-44(56-43(31)36-16-14-33(30-52)15-17-36)37-20-18-35(19-21-37)38-11-7-10-34(26-38)28-48-45(53)47-27-32-8-3-2-4-9-32/h2-21,26,31,39,42-44,52H,22-25,27-30H2,1H3,(H,49,54)(H2,47,48,53)/t31-,42+,43+,44+/m0/s1. The molecule has 0 saturated carbocycles. The number of ether oxygens (including phenoxy) is 2. The number of aromatic amines is 1. The number of H-pyrrole nitrogens is 1. The average molecular weight is 752 g/mol. The fraction of sp³-hybridized carbons (Fsp3) is 0.304. The normalized spacial score (nSPS) is 20.5. The molecule has 8 rings (SSSR count). The molecule has 0 aliphatic carbocycles. The van der Waals surface area contributed by atoms with Crippen LogP contribution >= 0.6 is 0 Å². The van der Waals surface area contributed by atoms with E-state index in [2.05, 4.69) is 76.0 Å². The van der Waals surface area contributed by atoms with Gasteiger partial charge in [-0.2, -0.15) is 0 Å². The molecule has 2 saturated heterocycles. The van der Waals surface area contributed by atoms with Crippen molar-refractivity contribution in [2.24, 2.45) is 5.92 Å². The molecular weight excluding hydrogens is 703 g/mol. The number of para-hydroxylation sites is 2. The molecular formula is C46H49N5O5. The van der Waals surface area contributed by atoms with E-state index < -0.39 is 6.29 Å². The lowest BCUT2D eigenvalue weighted by Crippen LogP contribution is -2.47. The second kappa shape index (κ2) is 17.1. The molecule has 4 N–H and O–H groups in total. The molecule has 0 radical (unpaired) electrons. The lowest BCUT2D eigenvalue weighted by atomic mass is 9.89. The summed E-state index contributed by atoms with van der Waals surface area (Å²) < 4.78 is 15.5. The second-order valence-electron chi connectivity index (χ2n) is 15.0. The number of urea groups is 1. The number of nitrogens with zero attached hydrogens (tertiary/aromatic N) is 2. The summed E-state index contributed by atoms with van der Waals surface area (Å²) in [6.45, 7) is 5.56. The van der Waals surface area contributed by atoms with Crippen LogP contribution in [0.2, 0.25) is 0 Å². The molecule has 10 nitrogen and oxygen atoms in total. The summed E-state index contributed by atoms with van der Waals surface area (Å²) in [5, 5.41) is 15.6. The predicted molar refractivity (Wildman–Crippen MR) is 218 cm³/mol. The van der Waals surface area contributed by atoms with Gasteiger partial charge in [0, 0.05) is 50.2 Å². The smallest absolute Gasteiger partial charge is 0.326 e. The Morgan fingerprint density at radius 3 is 2.18 bits per heavy atom. The maximum atomic E-state index is 12.9. The van der Waals surface area contributed by atoms with Crippen molar-refractivity contribution in [1.82, 2.24) is 25.1 Å². The van der Waals surface area contributed by atoms with Gasteiger partial charge in [-0.3, -0.25) is 4.57 Å². The number of fused-ring (bicyclic) bond motifs is 1. The fourth-order valence-corrected chi connectivity index (χ4v) is 8.10. The molecule has 5 aromatic carbocycles. The summed E-state index contributed by atoms with van der Waals surface area (Å²) >= 11 is 0. The molecule has 10 heteroatoms. The number of imidazole rings is 1. The van der Waals surface area contributed by atoms with Gasteiger partial charge in [0.15, 0.2) is 6.29 Å². The molecule has 6 aromatic rings. The molecule has 4 atom stereocenters. The van der Waals surface area contributed by atoms with Crippen molar-refractivity contribution in [2.45, 2.75) is 64.0 Å². The number of aromatic nitrogens is 2. The number of aliphatic hydroxyl groups excluding tert-OH is 1. The largest absolute Gasteiger partial charge is 0.392 e. The maximum absolute atomic E-state index is 12.9. The number of aliphatic hydroxyl groups is 1. The first kappa shape index (κ1) is 37.4. The quantitative estimate of drug-likeness (QED) is 0.108. The molecule has 2 amide bonds. The zero-order chi connectivity index (χ0) is 38.4. The third kappa shape index (κ3) is 8.49. The monoisotopic (exact) mass is 751 g/mol. The van der Waals surface area contributed by atoms with Crippen LogP contribution < -0.4 is 16.3 Å². The SMILES string of the molecule is C[C@H]1[C@@H](CN2CCC(n3c(=O)[nH]c4ccccc43)CC2)O[C@@H](c2ccc(-c3cccc(CNC(=O)NCc4ccccc4)c3)cc2)O[C@H]1c1ccc(CO)cc1. The zero-order valence-electron chi connectivity index (χ0n) is 31.6. The van der Waals surface area contributed by atoms with Gasteiger partial charge in [0.25, 0.3) is 0 Å². The number of piperidine rings is 1. The summed E-state index contributed by atoms with van der Waals surface area (Å²) in [4.78, 5) is 30.9. The molecule has 2 aliphatic heterocycles. The lowest BCUT2D eigenvalue weighted by molar-refractivity contribution is -0.276. The molecule has 0 unspecified atom stereocenters. The van der Waals surface area contributed by atoms with Crippen molar-refractivity contribution >= 4 is 17.1 Å². The third-order valence-corrected chi connectivity index (χ3v) is 11.3. The van der Waals surface area contributed by atoms with Crippen LogP contribution in [0.15, 0.2) is 132 Å². The zero-order valence-corrected chi connectivity index (χ0v) is 31.6. The van der Waals surface area contributed by atoms with Crippen LogP contribution in [0.25, 0.3) is 22.2 Å². The van der Waals surface area contributed by atoms with Crippen LogP contribution in [0.3, 0.4) is 0 Å². The van der Waals surface area contributed by atoms with Gasteiger partial charge in [-0.25, -0.2) is 9.59 Å². The first-order valence-corrected chi connectivity index (χ1v) is 19.6. The van der Waals surface area contributed by atoms with Gasteiger partial charge in [0.05, 0.1) is 29.8 Å². The third-order valence-electron chi connectivity index (χ3n) is 11.3. The van der Waals surface area contributed by atoms with Crippen LogP contribution in [0.5, 0.6) is 0 Å². The van der Waals surface area contributed by atoms with Crippen LogP contribution in [-0.2, 0) is 29.2 Å². The van der Waals surface area contributed by atoms with E-state index in [0.717, 1.165) is 82.5 Å². The molecule has 1 aromatic heterocycles. The number of benzene rings is 5. The Morgan fingerprint density at radius 2 is 1.43 bits per heavy atom. The number of amides is 2. The molecule has 288 valence electrons. The Kier molecular flexibility index (Phi) is 11.4. The van der Waals surface area contributed by atoms with E-state index in [9.17, 15) is 14.7 Å². The highest BCUT2D eigenvalue weighted by molar-refractivity contribution is 5.75. The van der Waals surface area contributed by atoms with Crippen molar-refractivity contribution < 1.29 is 19.4 Å². The molecule has 0 bridgehead atoms. The van der Waals surface area contributed by atoms with E-state index in [1.54, 1.807) is 0 Å². The molecule has 3 heterocycles. The number of carbonyl (C=O) groups excluding carboxylic acids is 1. The van der Waals surface area contributed by atoms with Crippen molar-refractivity contribution in [3.8, 4) is 11.1 Å². The van der Waals surface area contributed by atoms with Crippen molar-refractivity contribution in [3.63, 3.8) is 0 Å².